The molecule has 2 fully saturated rings. The topological polar surface area (TPSA) is 75.4 Å². The van der Waals surface area contributed by atoms with E-state index in [1.165, 1.54) is 32.7 Å². The first-order chi connectivity index (χ1) is 9.99. The maximum absolute atomic E-state index is 11.8. The summed E-state index contributed by atoms with van der Waals surface area (Å²) in [4.78, 5) is 2.57. The van der Waals surface area contributed by atoms with Crippen molar-refractivity contribution in [3.8, 4) is 0 Å². The average Bonchev–Trinajstić information content (AvgIpc) is 3.33. The highest BCUT2D eigenvalue weighted by atomic mass is 32.2. The van der Waals surface area contributed by atoms with Crippen LogP contribution >= 0.6 is 0 Å². The summed E-state index contributed by atoms with van der Waals surface area (Å²) in [7, 11) is -2.02. The summed E-state index contributed by atoms with van der Waals surface area (Å²) in [5.74, 6) is 1.56. The Labute approximate surface area is 126 Å². The fourth-order valence-corrected chi connectivity index (χ4v) is 3.37. The summed E-state index contributed by atoms with van der Waals surface area (Å²) < 4.78 is 26.0. The highest BCUT2D eigenvalue weighted by Gasteiger charge is 2.30. The van der Waals surface area contributed by atoms with Crippen LogP contribution in [0.4, 0.5) is 11.4 Å². The maximum atomic E-state index is 11.8. The third-order valence-electron chi connectivity index (χ3n) is 4.27. The first-order valence-electron chi connectivity index (χ1n) is 7.57. The Balaban J connectivity index is 1.84. The van der Waals surface area contributed by atoms with Crippen LogP contribution in [-0.2, 0) is 10.0 Å². The lowest BCUT2D eigenvalue weighted by Crippen LogP contribution is -2.29. The van der Waals surface area contributed by atoms with Crippen molar-refractivity contribution in [2.75, 3.05) is 30.8 Å². The minimum Gasteiger partial charge on any atom is -0.397 e. The zero-order valence-corrected chi connectivity index (χ0v) is 13.2. The average molecular weight is 309 g/mol. The molecular formula is C15H23N3O2S. The van der Waals surface area contributed by atoms with E-state index < -0.39 is 10.0 Å². The minimum absolute atomic E-state index is 0.226. The van der Waals surface area contributed by atoms with Crippen molar-refractivity contribution in [3.63, 3.8) is 0 Å². The normalized spacial score (nSPS) is 18.7. The predicted molar refractivity (Wildman–Crippen MR) is 84.8 cm³/mol. The van der Waals surface area contributed by atoms with E-state index in [1.54, 1.807) is 12.1 Å². The summed E-state index contributed by atoms with van der Waals surface area (Å²) in [6.07, 6.45) is 5.20. The first-order valence-corrected chi connectivity index (χ1v) is 9.06. The van der Waals surface area contributed by atoms with Crippen molar-refractivity contribution in [2.45, 2.75) is 30.6 Å². The molecule has 0 heterocycles. The highest BCUT2D eigenvalue weighted by molar-refractivity contribution is 7.89. The van der Waals surface area contributed by atoms with Gasteiger partial charge in [-0.3, -0.25) is 0 Å². The van der Waals surface area contributed by atoms with Crippen LogP contribution in [0.2, 0.25) is 0 Å². The lowest BCUT2D eigenvalue weighted by atomic mass is 10.2. The molecule has 0 saturated heterocycles. The lowest BCUT2D eigenvalue weighted by Gasteiger charge is -2.26. The summed E-state index contributed by atoms with van der Waals surface area (Å²) in [5, 5.41) is 0. The molecule has 1 aromatic rings. The van der Waals surface area contributed by atoms with Crippen LogP contribution in [0.15, 0.2) is 23.1 Å². The Morgan fingerprint density at radius 3 is 2.19 bits per heavy atom. The monoisotopic (exact) mass is 309 g/mol. The van der Waals surface area contributed by atoms with E-state index in [4.69, 9.17) is 5.73 Å². The van der Waals surface area contributed by atoms with Crippen LogP contribution in [-0.4, -0.2) is 28.6 Å². The van der Waals surface area contributed by atoms with Crippen LogP contribution in [0, 0.1) is 11.8 Å². The van der Waals surface area contributed by atoms with Crippen LogP contribution in [0.3, 0.4) is 0 Å². The number of nitrogens with zero attached hydrogens (tertiary/aromatic N) is 1. The van der Waals surface area contributed by atoms with Gasteiger partial charge in [0.15, 0.2) is 0 Å². The van der Waals surface area contributed by atoms with Crippen LogP contribution in [0.25, 0.3) is 0 Å². The van der Waals surface area contributed by atoms with Crippen LogP contribution in [0.1, 0.15) is 25.7 Å². The third-order valence-corrected chi connectivity index (χ3v) is 5.68. The molecule has 2 saturated carbocycles. The summed E-state index contributed by atoms with van der Waals surface area (Å²) >= 11 is 0. The molecule has 0 spiro atoms. The van der Waals surface area contributed by atoms with Gasteiger partial charge in [0, 0.05) is 13.1 Å². The number of nitrogens with one attached hydrogen (secondary N) is 1. The Hall–Kier alpha value is -1.27. The smallest absolute Gasteiger partial charge is 0.240 e. The van der Waals surface area contributed by atoms with Gasteiger partial charge in [-0.2, -0.15) is 0 Å². The number of nitrogen functional groups attached to an aromatic ring is 1. The molecule has 21 heavy (non-hydrogen) atoms. The van der Waals surface area contributed by atoms with E-state index in [2.05, 4.69) is 9.62 Å². The van der Waals surface area contributed by atoms with Crippen LogP contribution in [0.5, 0.6) is 0 Å². The second kappa shape index (κ2) is 5.50. The first kappa shape index (κ1) is 14.7. The molecule has 3 N–H and O–H groups in total. The van der Waals surface area contributed by atoms with Crippen LogP contribution < -0.4 is 15.4 Å². The zero-order valence-electron chi connectivity index (χ0n) is 12.4. The molecule has 3 rings (SSSR count). The maximum Gasteiger partial charge on any atom is 0.240 e. The summed E-state index contributed by atoms with van der Waals surface area (Å²) in [5.41, 5.74) is 7.66. The van der Waals surface area contributed by atoms with Crippen molar-refractivity contribution in [3.05, 3.63) is 18.2 Å². The second-order valence-electron chi connectivity index (χ2n) is 6.22. The Kier molecular flexibility index (Phi) is 3.84. The van der Waals surface area contributed by atoms with Gasteiger partial charge in [-0.1, -0.05) is 0 Å². The molecule has 0 bridgehead atoms. The van der Waals surface area contributed by atoms with Gasteiger partial charge in [0.25, 0.3) is 0 Å². The number of hydrogen-bond acceptors (Lipinski definition) is 4. The molecule has 0 aliphatic heterocycles. The molecule has 0 atom stereocenters. The van der Waals surface area contributed by atoms with Crippen molar-refractivity contribution >= 4 is 21.4 Å². The van der Waals surface area contributed by atoms with Gasteiger partial charge in [-0.05, 0) is 62.8 Å². The third kappa shape index (κ3) is 3.49. The molecule has 1 aromatic carbocycles. The minimum atomic E-state index is -3.43. The van der Waals surface area contributed by atoms with Gasteiger partial charge in [0.2, 0.25) is 10.0 Å². The number of benzene rings is 1. The second-order valence-corrected chi connectivity index (χ2v) is 8.11. The molecule has 0 amide bonds. The van der Waals surface area contributed by atoms with Gasteiger partial charge in [-0.25, -0.2) is 13.1 Å². The molecule has 5 nitrogen and oxygen atoms in total. The number of nitrogens with two attached hydrogens (primary N) is 1. The van der Waals surface area contributed by atoms with E-state index in [1.807, 2.05) is 6.07 Å². The van der Waals surface area contributed by atoms with E-state index in [9.17, 15) is 8.42 Å². The molecule has 2 aliphatic rings. The van der Waals surface area contributed by atoms with Crippen molar-refractivity contribution < 1.29 is 8.42 Å². The Morgan fingerprint density at radius 1 is 1.19 bits per heavy atom. The van der Waals surface area contributed by atoms with E-state index in [0.717, 1.165) is 30.6 Å². The fraction of sp³-hybridized carbons (Fsp3) is 0.600. The number of anilines is 2. The fourth-order valence-electron chi connectivity index (χ4n) is 2.60. The lowest BCUT2D eigenvalue weighted by molar-refractivity contribution is 0.588. The van der Waals surface area contributed by atoms with Crippen molar-refractivity contribution in [1.82, 2.24) is 4.72 Å². The quantitative estimate of drug-likeness (QED) is 0.753. The molecule has 6 heteroatoms. The summed E-state index contributed by atoms with van der Waals surface area (Å²) in [6, 6.07) is 5.06. The van der Waals surface area contributed by atoms with E-state index in [0.29, 0.717) is 5.69 Å². The predicted octanol–water partition coefficient (Wildman–Crippen LogP) is 1.80. The number of rotatable bonds is 7. The summed E-state index contributed by atoms with van der Waals surface area (Å²) in [6.45, 7) is 2.08. The highest BCUT2D eigenvalue weighted by Crippen LogP contribution is 2.37. The van der Waals surface area contributed by atoms with Crippen molar-refractivity contribution in [1.29, 1.82) is 0 Å². The van der Waals surface area contributed by atoms with Gasteiger partial charge >= 0.3 is 0 Å². The Morgan fingerprint density at radius 2 is 1.76 bits per heavy atom. The molecule has 0 unspecified atom stereocenters. The molecule has 0 radical (unpaired) electrons. The van der Waals surface area contributed by atoms with Gasteiger partial charge in [0.1, 0.15) is 0 Å². The molecule has 0 aromatic heterocycles. The van der Waals surface area contributed by atoms with E-state index in [-0.39, 0.29) is 4.90 Å². The molecule has 2 aliphatic carbocycles. The van der Waals surface area contributed by atoms with Crippen molar-refractivity contribution in [2.24, 2.45) is 11.8 Å². The molecular weight excluding hydrogens is 286 g/mol. The molecule has 116 valence electrons. The standard InChI is InChI=1S/C15H23N3O2S/c1-17-21(19,20)13-6-7-15(14(16)8-13)18(9-11-2-3-11)10-12-4-5-12/h6-8,11-12,17H,2-5,9-10,16H2,1H3. The van der Waals surface area contributed by atoms with Gasteiger partial charge < -0.3 is 10.6 Å². The largest absolute Gasteiger partial charge is 0.397 e. The van der Waals surface area contributed by atoms with Gasteiger partial charge in [0.05, 0.1) is 16.3 Å². The Bertz CT molecular complexity index is 608. The zero-order chi connectivity index (χ0) is 15.0. The SMILES string of the molecule is CNS(=O)(=O)c1ccc(N(CC2CC2)CC2CC2)c(N)c1. The number of hydrogen-bond donors (Lipinski definition) is 2. The van der Waals surface area contributed by atoms with Gasteiger partial charge in [-0.15, -0.1) is 0 Å². The number of sulfonamides is 1. The van der Waals surface area contributed by atoms with E-state index >= 15 is 0 Å².